The summed E-state index contributed by atoms with van der Waals surface area (Å²) in [5.74, 6) is 0.213. The molecule has 12 heavy (non-hydrogen) atoms. The fourth-order valence-corrected chi connectivity index (χ4v) is 0.747. The van der Waals surface area contributed by atoms with Crippen LogP contribution in [0.1, 0.15) is 0 Å². The van der Waals surface area contributed by atoms with E-state index in [0.29, 0.717) is 0 Å². The first-order valence-electron chi connectivity index (χ1n) is 3.59. The van der Waals surface area contributed by atoms with Crippen LogP contribution in [0.2, 0.25) is 0 Å². The molecule has 0 aromatic carbocycles. The lowest BCUT2D eigenvalue weighted by atomic mass is 10.9. The van der Waals surface area contributed by atoms with Crippen molar-refractivity contribution in [3.8, 4) is 0 Å². The Bertz CT molecular complexity index is 114. The van der Waals surface area contributed by atoms with Gasteiger partial charge in [-0.05, 0) is 0 Å². The van der Waals surface area contributed by atoms with E-state index in [2.05, 4.69) is 21.7 Å². The lowest BCUT2D eigenvalue weighted by Crippen LogP contribution is -2.60. The molecule has 7 heteroatoms. The van der Waals surface area contributed by atoms with Crippen LogP contribution in [0, 0.1) is 5.41 Å². The van der Waals surface area contributed by atoms with E-state index in [0.717, 1.165) is 0 Å². The van der Waals surface area contributed by atoms with Crippen LogP contribution in [0.25, 0.3) is 0 Å². The van der Waals surface area contributed by atoms with Gasteiger partial charge >= 0.3 is 0 Å². The van der Waals surface area contributed by atoms with Crippen molar-refractivity contribution in [1.29, 1.82) is 5.41 Å². The van der Waals surface area contributed by atoms with Crippen LogP contribution in [0.3, 0.4) is 0 Å². The summed E-state index contributed by atoms with van der Waals surface area (Å²) in [5, 5.41) is 10.5. The Balaban J connectivity index is 4.12. The molecular weight excluding hydrogens is 158 g/mol. The first-order chi connectivity index (χ1) is 5.71. The van der Waals surface area contributed by atoms with E-state index >= 15 is 0 Å². The molecule has 0 aliphatic carbocycles. The van der Waals surface area contributed by atoms with Gasteiger partial charge in [-0.3, -0.25) is 5.41 Å². The van der Waals surface area contributed by atoms with Gasteiger partial charge in [0.15, 0.2) is 0 Å². The number of hydrazine groups is 4. The molecular formula is C5H17N7. The van der Waals surface area contributed by atoms with E-state index in [-0.39, 0.29) is 5.96 Å². The highest BCUT2D eigenvalue weighted by molar-refractivity contribution is 5.74. The minimum absolute atomic E-state index is 0.213. The second kappa shape index (κ2) is 5.72. The van der Waals surface area contributed by atoms with Crippen molar-refractivity contribution in [3.63, 3.8) is 0 Å². The van der Waals surface area contributed by atoms with E-state index in [1.807, 2.05) is 0 Å². The minimum Gasteiger partial charge on any atom is -0.264 e. The van der Waals surface area contributed by atoms with Gasteiger partial charge in [-0.25, -0.2) is 31.9 Å². The minimum atomic E-state index is 0.213. The Kier molecular flexibility index (Phi) is 5.30. The van der Waals surface area contributed by atoms with E-state index in [4.69, 9.17) is 5.41 Å². The zero-order valence-corrected chi connectivity index (χ0v) is 7.89. The average Bonchev–Trinajstić information content (AvgIpc) is 2.09. The number of rotatable bonds is 4. The van der Waals surface area contributed by atoms with Crippen molar-refractivity contribution in [2.45, 2.75) is 0 Å². The molecule has 0 atom stereocenters. The SMILES string of the molecule is CNN(NC)C(=N)N(NC)NC. The molecule has 0 saturated carbocycles. The second-order valence-corrected chi connectivity index (χ2v) is 1.89. The smallest absolute Gasteiger partial charge is 0.253 e. The van der Waals surface area contributed by atoms with Crippen LogP contribution in [0.5, 0.6) is 0 Å². The highest BCUT2D eigenvalue weighted by atomic mass is 15.8. The zero-order valence-electron chi connectivity index (χ0n) is 7.89. The largest absolute Gasteiger partial charge is 0.264 e. The van der Waals surface area contributed by atoms with E-state index in [1.165, 1.54) is 10.2 Å². The summed E-state index contributed by atoms with van der Waals surface area (Å²) in [5.41, 5.74) is 11.1. The third-order valence-electron chi connectivity index (χ3n) is 1.32. The third-order valence-corrected chi connectivity index (χ3v) is 1.32. The summed E-state index contributed by atoms with van der Waals surface area (Å²) in [6.07, 6.45) is 0. The summed E-state index contributed by atoms with van der Waals surface area (Å²) in [6, 6.07) is 0. The highest BCUT2D eigenvalue weighted by Gasteiger charge is 2.11. The van der Waals surface area contributed by atoms with E-state index in [9.17, 15) is 0 Å². The molecule has 0 aliphatic heterocycles. The van der Waals surface area contributed by atoms with Gasteiger partial charge in [0.05, 0.1) is 0 Å². The van der Waals surface area contributed by atoms with Crippen LogP contribution in [-0.4, -0.2) is 44.4 Å². The number of nitrogens with one attached hydrogen (secondary N) is 5. The molecule has 0 fully saturated rings. The predicted octanol–water partition coefficient (Wildman–Crippen LogP) is -1.94. The Morgan fingerprint density at radius 1 is 0.833 bits per heavy atom. The van der Waals surface area contributed by atoms with Gasteiger partial charge in [0, 0.05) is 28.2 Å². The number of nitrogens with zero attached hydrogens (tertiary/aromatic N) is 2. The molecule has 0 aromatic heterocycles. The van der Waals surface area contributed by atoms with Crippen molar-refractivity contribution >= 4 is 5.96 Å². The molecule has 0 saturated heterocycles. The second-order valence-electron chi connectivity index (χ2n) is 1.89. The van der Waals surface area contributed by atoms with Crippen LogP contribution >= 0.6 is 0 Å². The lowest BCUT2D eigenvalue weighted by Gasteiger charge is -2.29. The van der Waals surface area contributed by atoms with Gasteiger partial charge in [0.2, 0.25) is 0 Å². The van der Waals surface area contributed by atoms with Crippen LogP contribution in [0.4, 0.5) is 0 Å². The Morgan fingerprint density at radius 3 is 1.25 bits per heavy atom. The number of guanidine groups is 1. The fraction of sp³-hybridized carbons (Fsp3) is 0.800. The molecule has 0 rings (SSSR count). The molecule has 0 aliphatic rings. The summed E-state index contributed by atoms with van der Waals surface area (Å²) >= 11 is 0. The molecule has 7 nitrogen and oxygen atoms in total. The van der Waals surface area contributed by atoms with Crippen LogP contribution in [-0.2, 0) is 0 Å². The van der Waals surface area contributed by atoms with Crippen molar-refractivity contribution in [1.82, 2.24) is 31.9 Å². The summed E-state index contributed by atoms with van der Waals surface area (Å²) < 4.78 is 0. The molecule has 5 N–H and O–H groups in total. The van der Waals surface area contributed by atoms with Gasteiger partial charge in [-0.15, -0.1) is 0 Å². The topological polar surface area (TPSA) is 78.5 Å². The van der Waals surface area contributed by atoms with Crippen molar-refractivity contribution < 1.29 is 0 Å². The fourth-order valence-electron chi connectivity index (χ4n) is 0.747. The molecule has 0 spiro atoms. The van der Waals surface area contributed by atoms with Crippen molar-refractivity contribution in [3.05, 3.63) is 0 Å². The Labute approximate surface area is 72.5 Å². The monoisotopic (exact) mass is 175 g/mol. The summed E-state index contributed by atoms with van der Waals surface area (Å²) in [7, 11) is 6.87. The molecule has 0 heterocycles. The van der Waals surface area contributed by atoms with Crippen molar-refractivity contribution in [2.75, 3.05) is 28.2 Å². The molecule has 72 valence electrons. The zero-order chi connectivity index (χ0) is 9.56. The van der Waals surface area contributed by atoms with Gasteiger partial charge in [-0.2, -0.15) is 0 Å². The van der Waals surface area contributed by atoms with Crippen LogP contribution < -0.4 is 21.7 Å². The maximum Gasteiger partial charge on any atom is 0.253 e. The van der Waals surface area contributed by atoms with Gasteiger partial charge < -0.3 is 0 Å². The summed E-state index contributed by atoms with van der Waals surface area (Å²) in [6.45, 7) is 0. The Morgan fingerprint density at radius 2 is 1.08 bits per heavy atom. The predicted molar refractivity (Wildman–Crippen MR) is 47.6 cm³/mol. The maximum absolute atomic E-state index is 7.60. The molecule has 0 aromatic rings. The highest BCUT2D eigenvalue weighted by Crippen LogP contribution is 1.80. The van der Waals surface area contributed by atoms with E-state index in [1.54, 1.807) is 28.2 Å². The van der Waals surface area contributed by atoms with Crippen molar-refractivity contribution in [2.24, 2.45) is 0 Å². The van der Waals surface area contributed by atoms with E-state index < -0.39 is 0 Å². The quantitative estimate of drug-likeness (QED) is 0.194. The molecule has 0 radical (unpaired) electrons. The molecule has 0 unspecified atom stereocenters. The first-order valence-corrected chi connectivity index (χ1v) is 3.59. The average molecular weight is 175 g/mol. The first kappa shape index (κ1) is 11.1. The number of hydrogen-bond donors (Lipinski definition) is 5. The maximum atomic E-state index is 7.60. The number of hydrogen-bond acceptors (Lipinski definition) is 5. The summed E-state index contributed by atoms with van der Waals surface area (Å²) in [4.78, 5) is 0. The van der Waals surface area contributed by atoms with Crippen LogP contribution in [0.15, 0.2) is 0 Å². The normalized spacial score (nSPS) is 9.67. The van der Waals surface area contributed by atoms with Gasteiger partial charge in [-0.1, -0.05) is 0 Å². The molecule has 0 amide bonds. The standard InChI is InChI=1S/C5H17N7/c1-7-11(8-2)5(6)12(9-3)10-4/h6-10H,1-4H3. The Hall–Kier alpha value is -0.890. The van der Waals surface area contributed by atoms with Gasteiger partial charge in [0.25, 0.3) is 5.96 Å². The van der Waals surface area contributed by atoms with Gasteiger partial charge in [0.1, 0.15) is 0 Å². The third kappa shape index (κ3) is 2.62. The molecule has 0 bridgehead atoms. The lowest BCUT2D eigenvalue weighted by molar-refractivity contribution is 0.166.